The molecule has 0 aliphatic heterocycles. The molecule has 0 unspecified atom stereocenters. The van der Waals surface area contributed by atoms with E-state index in [0.717, 1.165) is 28.1 Å². The lowest BCUT2D eigenvalue weighted by Gasteiger charge is -2.00. The normalized spacial score (nSPS) is 11.2. The van der Waals surface area contributed by atoms with E-state index >= 15 is 0 Å². The summed E-state index contributed by atoms with van der Waals surface area (Å²) in [5.41, 5.74) is 4.24. The fourth-order valence-electron chi connectivity index (χ4n) is 3.57. The van der Waals surface area contributed by atoms with E-state index in [1.165, 1.54) is 6.08 Å². The number of allylic oxidation sites excluding steroid dienone is 1. The molecule has 2 heterocycles. The van der Waals surface area contributed by atoms with E-state index in [2.05, 4.69) is 0 Å². The number of hydrogen-bond donors (Lipinski definition) is 0. The van der Waals surface area contributed by atoms with E-state index in [1.54, 1.807) is 36.4 Å². The Balaban J connectivity index is 1.45. The van der Waals surface area contributed by atoms with Crippen molar-refractivity contribution in [3.8, 4) is 28.3 Å². The molecule has 0 fully saturated rings. The van der Waals surface area contributed by atoms with Gasteiger partial charge in [-0.2, -0.15) is 5.10 Å². The number of benzene rings is 3. The number of nitrogens with zero attached hydrogens (tertiary/aromatic N) is 2. The molecule has 0 saturated heterocycles. The maximum Gasteiger partial charge on any atom is 0.221 e. The second-order valence-corrected chi connectivity index (χ2v) is 8.38. The smallest absolute Gasteiger partial charge is 0.221 e. The van der Waals surface area contributed by atoms with Crippen LogP contribution in [0.3, 0.4) is 0 Å². The van der Waals surface area contributed by atoms with Crippen molar-refractivity contribution >= 4 is 35.1 Å². The first-order valence-corrected chi connectivity index (χ1v) is 11.3. The van der Waals surface area contributed by atoms with E-state index in [4.69, 9.17) is 32.7 Å². The van der Waals surface area contributed by atoms with Gasteiger partial charge in [-0.1, -0.05) is 71.7 Å². The van der Waals surface area contributed by atoms with E-state index < -0.39 is 0 Å². The number of para-hydroxylation sites is 1. The highest BCUT2D eigenvalue weighted by molar-refractivity contribution is 6.42. The third kappa shape index (κ3) is 4.60. The molecule has 0 aliphatic rings. The van der Waals surface area contributed by atoms with Crippen LogP contribution < -0.4 is 0 Å². The minimum atomic E-state index is -0.252. The standard InChI is InChI=1S/C28H18Cl2N2O2/c29-23-13-11-20(17-24(23)30)26-15-16-27(34-26)25(33)14-12-21-18-32(22-9-5-2-6-10-22)31-28(21)19-7-3-1-4-8-19/h1-18H. The van der Waals surface area contributed by atoms with Gasteiger partial charge in [-0.05, 0) is 54.6 Å². The molecule has 2 aromatic heterocycles. The Morgan fingerprint density at radius 2 is 1.56 bits per heavy atom. The van der Waals surface area contributed by atoms with Gasteiger partial charge < -0.3 is 4.42 Å². The second-order valence-electron chi connectivity index (χ2n) is 7.57. The van der Waals surface area contributed by atoms with Crippen LogP contribution in [0.15, 0.2) is 108 Å². The van der Waals surface area contributed by atoms with E-state index in [9.17, 15) is 4.79 Å². The van der Waals surface area contributed by atoms with Crippen LogP contribution in [0.5, 0.6) is 0 Å². The molecule has 4 nitrogen and oxygen atoms in total. The SMILES string of the molecule is O=C(C=Cc1cn(-c2ccccc2)nc1-c1ccccc1)c1ccc(-c2ccc(Cl)c(Cl)c2)o1. The number of carbonyl (C=O) groups excluding carboxylic acids is 1. The predicted octanol–water partition coefficient (Wildman–Crippen LogP) is 8.00. The van der Waals surface area contributed by atoms with Gasteiger partial charge in [0, 0.05) is 22.9 Å². The maximum absolute atomic E-state index is 12.9. The minimum absolute atomic E-state index is 0.231. The third-order valence-electron chi connectivity index (χ3n) is 5.28. The molecule has 0 spiro atoms. The van der Waals surface area contributed by atoms with Crippen molar-refractivity contribution in [2.45, 2.75) is 0 Å². The number of ketones is 1. The minimum Gasteiger partial charge on any atom is -0.453 e. The zero-order valence-electron chi connectivity index (χ0n) is 17.9. The van der Waals surface area contributed by atoms with Gasteiger partial charge in [-0.25, -0.2) is 4.68 Å². The van der Waals surface area contributed by atoms with Gasteiger partial charge in [0.05, 0.1) is 21.4 Å². The Morgan fingerprint density at radius 1 is 0.824 bits per heavy atom. The molecule has 0 amide bonds. The Labute approximate surface area is 206 Å². The van der Waals surface area contributed by atoms with Gasteiger partial charge >= 0.3 is 0 Å². The molecular formula is C28H18Cl2N2O2. The molecule has 6 heteroatoms. The summed E-state index contributed by atoms with van der Waals surface area (Å²) in [6, 6.07) is 28.3. The van der Waals surface area contributed by atoms with Gasteiger partial charge in [0.15, 0.2) is 5.76 Å². The molecule has 3 aromatic carbocycles. The zero-order chi connectivity index (χ0) is 23.5. The maximum atomic E-state index is 12.9. The van der Waals surface area contributed by atoms with Crippen LogP contribution >= 0.6 is 23.2 Å². The van der Waals surface area contributed by atoms with Crippen molar-refractivity contribution in [2.75, 3.05) is 0 Å². The van der Waals surface area contributed by atoms with Crippen molar-refractivity contribution in [3.05, 3.63) is 125 Å². The van der Waals surface area contributed by atoms with Crippen LogP contribution in [0.4, 0.5) is 0 Å². The first-order valence-electron chi connectivity index (χ1n) is 10.6. The van der Waals surface area contributed by atoms with Crippen LogP contribution in [0.2, 0.25) is 10.0 Å². The molecule has 0 aliphatic carbocycles. The Morgan fingerprint density at radius 3 is 2.29 bits per heavy atom. The summed E-state index contributed by atoms with van der Waals surface area (Å²) in [6.45, 7) is 0. The first-order chi connectivity index (χ1) is 16.6. The average molecular weight is 485 g/mol. The van der Waals surface area contributed by atoms with Gasteiger partial charge in [0.1, 0.15) is 5.76 Å². The van der Waals surface area contributed by atoms with E-state index in [0.29, 0.717) is 15.8 Å². The monoisotopic (exact) mass is 484 g/mol. The van der Waals surface area contributed by atoms with Crippen LogP contribution in [0.25, 0.3) is 34.3 Å². The lowest BCUT2D eigenvalue weighted by atomic mass is 10.1. The highest BCUT2D eigenvalue weighted by atomic mass is 35.5. The summed E-state index contributed by atoms with van der Waals surface area (Å²) >= 11 is 12.1. The molecule has 0 atom stereocenters. The Kier molecular flexibility index (Phi) is 6.17. The highest BCUT2D eigenvalue weighted by Crippen LogP contribution is 2.30. The summed E-state index contributed by atoms with van der Waals surface area (Å²) in [5, 5.41) is 5.65. The lowest BCUT2D eigenvalue weighted by Crippen LogP contribution is -1.93. The van der Waals surface area contributed by atoms with E-state index in [1.807, 2.05) is 71.5 Å². The fraction of sp³-hybridized carbons (Fsp3) is 0. The van der Waals surface area contributed by atoms with Crippen LogP contribution in [0.1, 0.15) is 16.1 Å². The Bertz CT molecular complexity index is 1490. The number of halogens is 2. The molecule has 0 bridgehead atoms. The van der Waals surface area contributed by atoms with Crippen molar-refractivity contribution < 1.29 is 9.21 Å². The quantitative estimate of drug-likeness (QED) is 0.181. The number of furan rings is 1. The second kappa shape index (κ2) is 9.56. The van der Waals surface area contributed by atoms with Gasteiger partial charge in [0.2, 0.25) is 5.78 Å². The largest absolute Gasteiger partial charge is 0.453 e. The van der Waals surface area contributed by atoms with Crippen LogP contribution in [-0.2, 0) is 0 Å². The first kappa shape index (κ1) is 22.0. The molecule has 34 heavy (non-hydrogen) atoms. The highest BCUT2D eigenvalue weighted by Gasteiger charge is 2.13. The molecule has 5 aromatic rings. The van der Waals surface area contributed by atoms with Crippen LogP contribution in [0, 0.1) is 0 Å². The summed E-state index contributed by atoms with van der Waals surface area (Å²) in [5.74, 6) is 0.518. The van der Waals surface area contributed by atoms with Crippen molar-refractivity contribution in [1.29, 1.82) is 0 Å². The fourth-order valence-corrected chi connectivity index (χ4v) is 3.86. The van der Waals surface area contributed by atoms with E-state index in [-0.39, 0.29) is 11.5 Å². The number of aromatic nitrogens is 2. The Hall–Kier alpha value is -3.86. The molecule has 0 N–H and O–H groups in total. The lowest BCUT2D eigenvalue weighted by molar-refractivity contribution is 0.102. The summed E-state index contributed by atoms with van der Waals surface area (Å²) in [6.07, 6.45) is 5.17. The molecule has 166 valence electrons. The van der Waals surface area contributed by atoms with Crippen molar-refractivity contribution in [1.82, 2.24) is 9.78 Å². The molecule has 5 rings (SSSR count). The molecule has 0 radical (unpaired) electrons. The number of hydrogen-bond acceptors (Lipinski definition) is 3. The van der Waals surface area contributed by atoms with Crippen molar-refractivity contribution in [3.63, 3.8) is 0 Å². The van der Waals surface area contributed by atoms with Gasteiger partial charge in [-0.3, -0.25) is 4.79 Å². The number of rotatable bonds is 6. The predicted molar refractivity (Wildman–Crippen MR) is 137 cm³/mol. The summed E-state index contributed by atoms with van der Waals surface area (Å²) in [7, 11) is 0. The van der Waals surface area contributed by atoms with Crippen LogP contribution in [-0.4, -0.2) is 15.6 Å². The molecule has 0 saturated carbocycles. The molecular weight excluding hydrogens is 467 g/mol. The average Bonchev–Trinajstić information content (AvgIpc) is 3.53. The topological polar surface area (TPSA) is 48.0 Å². The summed E-state index contributed by atoms with van der Waals surface area (Å²) < 4.78 is 7.59. The number of carbonyl (C=O) groups is 1. The summed E-state index contributed by atoms with van der Waals surface area (Å²) in [4.78, 5) is 12.9. The van der Waals surface area contributed by atoms with Gasteiger partial charge in [0.25, 0.3) is 0 Å². The zero-order valence-corrected chi connectivity index (χ0v) is 19.4. The van der Waals surface area contributed by atoms with Crippen molar-refractivity contribution in [2.24, 2.45) is 0 Å². The van der Waals surface area contributed by atoms with Gasteiger partial charge in [-0.15, -0.1) is 0 Å². The third-order valence-corrected chi connectivity index (χ3v) is 6.02.